The third-order valence-electron chi connectivity index (χ3n) is 5.41. The summed E-state index contributed by atoms with van der Waals surface area (Å²) in [6.07, 6.45) is 5.11. The molecule has 0 aromatic heterocycles. The number of fused-ring (bicyclic) bond motifs is 2. The van der Waals surface area contributed by atoms with E-state index in [1.807, 2.05) is 12.1 Å². The summed E-state index contributed by atoms with van der Waals surface area (Å²) >= 11 is 0. The van der Waals surface area contributed by atoms with Crippen molar-refractivity contribution in [1.29, 1.82) is 0 Å². The van der Waals surface area contributed by atoms with E-state index in [0.29, 0.717) is 18.1 Å². The van der Waals surface area contributed by atoms with E-state index in [2.05, 4.69) is 52.7 Å². The van der Waals surface area contributed by atoms with Crippen LogP contribution in [0, 0.1) is 0 Å². The molecule has 0 saturated carbocycles. The van der Waals surface area contributed by atoms with Crippen LogP contribution in [0.5, 0.6) is 0 Å². The second kappa shape index (κ2) is 6.25. The molecule has 2 aliphatic heterocycles. The van der Waals surface area contributed by atoms with E-state index in [-0.39, 0.29) is 0 Å². The summed E-state index contributed by atoms with van der Waals surface area (Å²) < 4.78 is 0. The number of benzene rings is 2. The molecule has 2 unspecified atom stereocenters. The first-order valence-corrected chi connectivity index (χ1v) is 8.70. The highest BCUT2D eigenvalue weighted by Gasteiger charge is 2.40. The number of hydrogen-bond acceptors (Lipinski definition) is 3. The monoisotopic (exact) mass is 307 g/mol. The molecule has 0 spiro atoms. The molecule has 2 saturated heterocycles. The van der Waals surface area contributed by atoms with E-state index in [1.54, 1.807) is 0 Å². The van der Waals surface area contributed by atoms with E-state index >= 15 is 0 Å². The zero-order valence-electron chi connectivity index (χ0n) is 13.5. The molecule has 0 amide bonds. The predicted molar refractivity (Wildman–Crippen MR) is 96.3 cm³/mol. The maximum absolute atomic E-state index is 6.08. The molecule has 3 heteroatoms. The number of nitrogens with zero attached hydrogens (tertiary/aromatic N) is 1. The Labute approximate surface area is 138 Å². The fraction of sp³-hybridized carbons (Fsp3) is 0.400. The SMILES string of the molecule is Nc1ccccc1NC1CC2CCC(C1)N2Cc1ccccc1. The van der Waals surface area contributed by atoms with Crippen LogP contribution in [0.3, 0.4) is 0 Å². The molecule has 0 aliphatic carbocycles. The van der Waals surface area contributed by atoms with Crippen LogP contribution in [0.2, 0.25) is 0 Å². The van der Waals surface area contributed by atoms with Gasteiger partial charge >= 0.3 is 0 Å². The second-order valence-corrected chi connectivity index (χ2v) is 6.94. The van der Waals surface area contributed by atoms with Crippen LogP contribution < -0.4 is 11.1 Å². The van der Waals surface area contributed by atoms with Crippen LogP contribution in [-0.4, -0.2) is 23.0 Å². The van der Waals surface area contributed by atoms with Gasteiger partial charge in [-0.15, -0.1) is 0 Å². The Balaban J connectivity index is 1.43. The molecular weight excluding hydrogens is 282 g/mol. The molecule has 2 aromatic rings. The number of nitrogen functional groups attached to an aromatic ring is 1. The van der Waals surface area contributed by atoms with E-state index < -0.39 is 0 Å². The van der Waals surface area contributed by atoms with Crippen molar-refractivity contribution < 1.29 is 0 Å². The maximum Gasteiger partial charge on any atom is 0.0576 e. The molecule has 3 N–H and O–H groups in total. The quantitative estimate of drug-likeness (QED) is 0.842. The summed E-state index contributed by atoms with van der Waals surface area (Å²) in [5.41, 5.74) is 9.46. The van der Waals surface area contributed by atoms with Gasteiger partial charge in [0.25, 0.3) is 0 Å². The maximum atomic E-state index is 6.08. The molecule has 2 aliphatic rings. The van der Waals surface area contributed by atoms with E-state index in [9.17, 15) is 0 Å². The van der Waals surface area contributed by atoms with E-state index in [0.717, 1.165) is 17.9 Å². The summed E-state index contributed by atoms with van der Waals surface area (Å²) in [5.74, 6) is 0. The van der Waals surface area contributed by atoms with Crippen molar-refractivity contribution in [2.75, 3.05) is 11.1 Å². The molecule has 2 aromatic carbocycles. The molecule has 2 fully saturated rings. The number of nitrogens with two attached hydrogens (primary N) is 1. The van der Waals surface area contributed by atoms with Crippen molar-refractivity contribution >= 4 is 11.4 Å². The molecule has 4 rings (SSSR count). The minimum atomic E-state index is 0.546. The summed E-state index contributed by atoms with van der Waals surface area (Å²) in [7, 11) is 0. The zero-order valence-corrected chi connectivity index (χ0v) is 13.5. The average Bonchev–Trinajstić information content (AvgIpc) is 2.81. The van der Waals surface area contributed by atoms with Gasteiger partial charge in [0.15, 0.2) is 0 Å². The standard InChI is InChI=1S/C20H25N3/c21-19-8-4-5-9-20(19)22-16-12-17-10-11-18(13-16)23(17)14-15-6-2-1-3-7-15/h1-9,16-18,22H,10-14,21H2. The van der Waals surface area contributed by atoms with Gasteiger partial charge in [0.1, 0.15) is 0 Å². The average molecular weight is 307 g/mol. The Morgan fingerprint density at radius 1 is 0.913 bits per heavy atom. The summed E-state index contributed by atoms with van der Waals surface area (Å²) in [6, 6.07) is 20.9. The lowest BCUT2D eigenvalue weighted by molar-refractivity contribution is 0.124. The smallest absolute Gasteiger partial charge is 0.0576 e. The molecule has 0 radical (unpaired) electrons. The molecule has 2 atom stereocenters. The number of anilines is 2. The van der Waals surface area contributed by atoms with Gasteiger partial charge in [0.05, 0.1) is 11.4 Å². The summed E-state index contributed by atoms with van der Waals surface area (Å²) in [6.45, 7) is 1.09. The lowest BCUT2D eigenvalue weighted by Crippen LogP contribution is -2.46. The topological polar surface area (TPSA) is 41.3 Å². The van der Waals surface area contributed by atoms with E-state index in [4.69, 9.17) is 5.73 Å². The second-order valence-electron chi connectivity index (χ2n) is 6.94. The van der Waals surface area contributed by atoms with Gasteiger partial charge in [0.2, 0.25) is 0 Å². The first kappa shape index (κ1) is 14.6. The van der Waals surface area contributed by atoms with Crippen molar-refractivity contribution in [3.8, 4) is 0 Å². The Hall–Kier alpha value is -2.00. The van der Waals surface area contributed by atoms with Crippen molar-refractivity contribution in [1.82, 2.24) is 4.90 Å². The van der Waals surface area contributed by atoms with Crippen molar-refractivity contribution in [2.45, 2.75) is 50.4 Å². The highest BCUT2D eigenvalue weighted by Crippen LogP contribution is 2.38. The first-order valence-electron chi connectivity index (χ1n) is 8.70. The van der Waals surface area contributed by atoms with Gasteiger partial charge in [0, 0.05) is 24.7 Å². The Morgan fingerprint density at radius 3 is 2.26 bits per heavy atom. The van der Waals surface area contributed by atoms with Crippen LogP contribution in [0.4, 0.5) is 11.4 Å². The highest BCUT2D eigenvalue weighted by molar-refractivity contribution is 5.66. The number of rotatable bonds is 4. The van der Waals surface area contributed by atoms with Crippen LogP contribution in [0.15, 0.2) is 54.6 Å². The Kier molecular flexibility index (Phi) is 3.96. The van der Waals surface area contributed by atoms with Gasteiger partial charge in [-0.1, -0.05) is 42.5 Å². The molecule has 120 valence electrons. The van der Waals surface area contributed by atoms with Crippen LogP contribution in [0.25, 0.3) is 0 Å². The normalized spacial score (nSPS) is 27.0. The Bertz CT molecular complexity index is 641. The Morgan fingerprint density at radius 2 is 1.57 bits per heavy atom. The van der Waals surface area contributed by atoms with Crippen LogP contribution in [-0.2, 0) is 6.54 Å². The zero-order chi connectivity index (χ0) is 15.6. The van der Waals surface area contributed by atoms with Gasteiger partial charge in [-0.25, -0.2) is 0 Å². The third kappa shape index (κ3) is 3.06. The molecular formula is C20H25N3. The minimum absolute atomic E-state index is 0.546. The number of para-hydroxylation sites is 2. The lowest BCUT2D eigenvalue weighted by Gasteiger charge is -2.39. The lowest BCUT2D eigenvalue weighted by atomic mass is 9.96. The summed E-state index contributed by atoms with van der Waals surface area (Å²) in [4.78, 5) is 2.72. The van der Waals surface area contributed by atoms with Gasteiger partial charge in [-0.2, -0.15) is 0 Å². The highest BCUT2D eigenvalue weighted by atomic mass is 15.2. The number of nitrogens with one attached hydrogen (secondary N) is 1. The van der Waals surface area contributed by atoms with Gasteiger partial charge in [-0.3, -0.25) is 4.90 Å². The van der Waals surface area contributed by atoms with Crippen molar-refractivity contribution in [3.05, 3.63) is 60.2 Å². The minimum Gasteiger partial charge on any atom is -0.397 e. The largest absolute Gasteiger partial charge is 0.397 e. The third-order valence-corrected chi connectivity index (χ3v) is 5.41. The van der Waals surface area contributed by atoms with Crippen molar-refractivity contribution in [3.63, 3.8) is 0 Å². The molecule has 2 heterocycles. The van der Waals surface area contributed by atoms with Gasteiger partial charge in [-0.05, 0) is 43.4 Å². The summed E-state index contributed by atoms with van der Waals surface area (Å²) in [5, 5.41) is 3.68. The van der Waals surface area contributed by atoms with Crippen LogP contribution in [0.1, 0.15) is 31.2 Å². The first-order chi connectivity index (χ1) is 11.3. The molecule has 3 nitrogen and oxygen atoms in total. The fourth-order valence-electron chi connectivity index (χ4n) is 4.29. The fourth-order valence-corrected chi connectivity index (χ4v) is 4.29. The molecule has 2 bridgehead atoms. The number of hydrogen-bond donors (Lipinski definition) is 2. The van der Waals surface area contributed by atoms with E-state index in [1.165, 1.54) is 31.2 Å². The van der Waals surface area contributed by atoms with Gasteiger partial charge < -0.3 is 11.1 Å². The number of piperidine rings is 1. The molecule has 23 heavy (non-hydrogen) atoms. The van der Waals surface area contributed by atoms with Crippen LogP contribution >= 0.6 is 0 Å². The predicted octanol–water partition coefficient (Wildman–Crippen LogP) is 3.88. The van der Waals surface area contributed by atoms with Crippen molar-refractivity contribution in [2.24, 2.45) is 0 Å².